The van der Waals surface area contributed by atoms with Crippen LogP contribution in [-0.4, -0.2) is 23.4 Å². The Balaban J connectivity index is 2.00. The smallest absolute Gasteiger partial charge is 0.224 e. The maximum Gasteiger partial charge on any atom is 0.224 e. The number of benzene rings is 2. The minimum absolute atomic E-state index is 0.00692. The second kappa shape index (κ2) is 7.92. The maximum absolute atomic E-state index is 11.4. The monoisotopic (exact) mass is 330 g/mol. The summed E-state index contributed by atoms with van der Waals surface area (Å²) in [5, 5.41) is 6.04. The first-order chi connectivity index (χ1) is 11.0. The number of anilines is 1. The van der Waals surface area contributed by atoms with Gasteiger partial charge in [0, 0.05) is 40.7 Å². The quantitative estimate of drug-likeness (QED) is 0.856. The van der Waals surface area contributed by atoms with Gasteiger partial charge < -0.3 is 10.6 Å². The van der Waals surface area contributed by atoms with E-state index in [1.165, 1.54) is 0 Å². The molecule has 0 spiro atoms. The van der Waals surface area contributed by atoms with Crippen LogP contribution in [0.15, 0.2) is 53.4 Å². The molecule has 2 aromatic rings. The van der Waals surface area contributed by atoms with Gasteiger partial charge in [0.1, 0.15) is 0 Å². The molecule has 23 heavy (non-hydrogen) atoms. The zero-order chi connectivity index (χ0) is 16.8. The van der Waals surface area contributed by atoms with Crippen molar-refractivity contribution in [2.75, 3.05) is 18.6 Å². The first-order valence-electron chi connectivity index (χ1n) is 7.49. The molecule has 2 atom stereocenters. The molecular formula is C18H22N2O2S. The van der Waals surface area contributed by atoms with Crippen LogP contribution in [0.2, 0.25) is 0 Å². The summed E-state index contributed by atoms with van der Waals surface area (Å²) in [5.74, 6) is 0.00692. The number of amides is 1. The van der Waals surface area contributed by atoms with E-state index in [1.54, 1.807) is 13.3 Å². The SMILES string of the molecule is CNC(=O)Cc1ccc(N[C@@H](C)c2ccc([S@@](C)=O)cc2)cc1. The topological polar surface area (TPSA) is 58.2 Å². The van der Waals surface area contributed by atoms with Crippen LogP contribution in [0.25, 0.3) is 0 Å². The highest BCUT2D eigenvalue weighted by Crippen LogP contribution is 2.20. The summed E-state index contributed by atoms with van der Waals surface area (Å²) in [5.41, 5.74) is 3.12. The number of carbonyl (C=O) groups excluding carboxylic acids is 1. The standard InChI is InChI=1S/C18H22N2O2S/c1-13(15-6-10-17(11-7-15)23(3)22)20-16-8-4-14(5-9-16)12-18(21)19-2/h4-11,13,20H,12H2,1-3H3,(H,19,21)/t13-,23+/m0/s1. The summed E-state index contributed by atoms with van der Waals surface area (Å²) >= 11 is 0. The predicted molar refractivity (Wildman–Crippen MR) is 95.0 cm³/mol. The fourth-order valence-electron chi connectivity index (χ4n) is 2.27. The third kappa shape index (κ3) is 4.93. The Morgan fingerprint density at radius 3 is 2.22 bits per heavy atom. The summed E-state index contributed by atoms with van der Waals surface area (Å²) < 4.78 is 11.4. The van der Waals surface area contributed by atoms with Crippen LogP contribution in [0.4, 0.5) is 5.69 Å². The van der Waals surface area contributed by atoms with E-state index in [-0.39, 0.29) is 11.9 Å². The first kappa shape index (κ1) is 17.2. The number of hydrogen-bond donors (Lipinski definition) is 2. The normalized spacial score (nSPS) is 13.2. The van der Waals surface area contributed by atoms with Crippen LogP contribution in [0, 0.1) is 0 Å². The Labute approximate surface area is 139 Å². The minimum Gasteiger partial charge on any atom is -0.379 e. The van der Waals surface area contributed by atoms with Gasteiger partial charge in [-0.05, 0) is 42.3 Å². The van der Waals surface area contributed by atoms with Crippen molar-refractivity contribution in [2.45, 2.75) is 24.3 Å². The molecule has 0 saturated heterocycles. The average molecular weight is 330 g/mol. The van der Waals surface area contributed by atoms with Gasteiger partial charge in [0.25, 0.3) is 0 Å². The lowest BCUT2D eigenvalue weighted by molar-refractivity contribution is -0.119. The number of rotatable bonds is 6. The Hall–Kier alpha value is -2.14. The summed E-state index contributed by atoms with van der Waals surface area (Å²) in [7, 11) is 0.688. The largest absolute Gasteiger partial charge is 0.379 e. The number of likely N-dealkylation sites (N-methyl/N-ethyl adjacent to an activating group) is 1. The van der Waals surface area contributed by atoms with Crippen molar-refractivity contribution in [3.05, 3.63) is 59.7 Å². The Kier molecular flexibility index (Phi) is 5.93. The molecule has 0 unspecified atom stereocenters. The third-order valence-corrected chi connectivity index (χ3v) is 4.63. The highest BCUT2D eigenvalue weighted by Gasteiger charge is 2.07. The van der Waals surface area contributed by atoms with Crippen LogP contribution < -0.4 is 10.6 Å². The van der Waals surface area contributed by atoms with E-state index in [0.29, 0.717) is 6.42 Å². The molecule has 0 heterocycles. The van der Waals surface area contributed by atoms with Gasteiger partial charge in [-0.3, -0.25) is 9.00 Å². The second-order valence-corrected chi connectivity index (χ2v) is 6.82. The number of carbonyl (C=O) groups is 1. The molecule has 4 nitrogen and oxygen atoms in total. The van der Waals surface area contributed by atoms with Crippen molar-refractivity contribution in [1.82, 2.24) is 5.32 Å². The molecule has 2 aromatic carbocycles. The van der Waals surface area contributed by atoms with Crippen LogP contribution in [0.1, 0.15) is 24.1 Å². The lowest BCUT2D eigenvalue weighted by atomic mass is 10.1. The van der Waals surface area contributed by atoms with Crippen molar-refractivity contribution in [2.24, 2.45) is 0 Å². The van der Waals surface area contributed by atoms with Gasteiger partial charge in [0.2, 0.25) is 5.91 Å². The Morgan fingerprint density at radius 2 is 1.70 bits per heavy atom. The summed E-state index contributed by atoms with van der Waals surface area (Å²) in [6.07, 6.45) is 2.07. The molecule has 122 valence electrons. The second-order valence-electron chi connectivity index (χ2n) is 5.44. The lowest BCUT2D eigenvalue weighted by Crippen LogP contribution is -2.19. The van der Waals surface area contributed by atoms with E-state index in [4.69, 9.17) is 0 Å². The molecule has 0 fully saturated rings. The molecule has 0 aliphatic carbocycles. The van der Waals surface area contributed by atoms with Gasteiger partial charge in [0.15, 0.2) is 0 Å². The zero-order valence-electron chi connectivity index (χ0n) is 13.6. The van der Waals surface area contributed by atoms with Crippen LogP contribution in [0.3, 0.4) is 0 Å². The fraction of sp³-hybridized carbons (Fsp3) is 0.278. The average Bonchev–Trinajstić information content (AvgIpc) is 2.56. The van der Waals surface area contributed by atoms with Crippen molar-refractivity contribution < 1.29 is 9.00 Å². The zero-order valence-corrected chi connectivity index (χ0v) is 14.4. The van der Waals surface area contributed by atoms with Gasteiger partial charge in [-0.25, -0.2) is 0 Å². The van der Waals surface area contributed by atoms with Gasteiger partial charge in [-0.2, -0.15) is 0 Å². The van der Waals surface area contributed by atoms with E-state index in [0.717, 1.165) is 21.7 Å². The van der Waals surface area contributed by atoms with Crippen molar-refractivity contribution in [3.8, 4) is 0 Å². The first-order valence-corrected chi connectivity index (χ1v) is 9.05. The van der Waals surface area contributed by atoms with Gasteiger partial charge >= 0.3 is 0 Å². The molecule has 0 bridgehead atoms. The van der Waals surface area contributed by atoms with Crippen LogP contribution in [0.5, 0.6) is 0 Å². The summed E-state index contributed by atoms with van der Waals surface area (Å²) in [6, 6.07) is 15.8. The van der Waals surface area contributed by atoms with Crippen molar-refractivity contribution in [1.29, 1.82) is 0 Å². The van der Waals surface area contributed by atoms with E-state index in [2.05, 4.69) is 17.6 Å². The van der Waals surface area contributed by atoms with E-state index < -0.39 is 10.8 Å². The number of hydrogen-bond acceptors (Lipinski definition) is 3. The Morgan fingerprint density at radius 1 is 1.09 bits per heavy atom. The minimum atomic E-state index is -0.950. The highest BCUT2D eigenvalue weighted by molar-refractivity contribution is 7.84. The summed E-state index contributed by atoms with van der Waals surface area (Å²) in [6.45, 7) is 2.08. The molecule has 0 aliphatic rings. The van der Waals surface area contributed by atoms with E-state index in [9.17, 15) is 9.00 Å². The molecule has 0 aliphatic heterocycles. The highest BCUT2D eigenvalue weighted by atomic mass is 32.2. The molecule has 2 rings (SSSR count). The van der Waals surface area contributed by atoms with Crippen LogP contribution in [-0.2, 0) is 22.0 Å². The van der Waals surface area contributed by atoms with Gasteiger partial charge in [0.05, 0.1) is 6.42 Å². The maximum atomic E-state index is 11.4. The summed E-state index contributed by atoms with van der Waals surface area (Å²) in [4.78, 5) is 12.2. The molecule has 1 amide bonds. The fourth-order valence-corrected chi connectivity index (χ4v) is 2.79. The molecule has 0 aromatic heterocycles. The Bertz CT molecular complexity index is 681. The molecule has 5 heteroatoms. The van der Waals surface area contributed by atoms with Crippen molar-refractivity contribution in [3.63, 3.8) is 0 Å². The van der Waals surface area contributed by atoms with E-state index in [1.807, 2.05) is 48.5 Å². The van der Waals surface area contributed by atoms with Gasteiger partial charge in [-0.15, -0.1) is 0 Å². The van der Waals surface area contributed by atoms with Crippen molar-refractivity contribution >= 4 is 22.4 Å². The van der Waals surface area contributed by atoms with Gasteiger partial charge in [-0.1, -0.05) is 24.3 Å². The molecule has 0 radical (unpaired) electrons. The number of nitrogens with one attached hydrogen (secondary N) is 2. The molecule has 0 saturated carbocycles. The van der Waals surface area contributed by atoms with E-state index >= 15 is 0 Å². The third-order valence-electron chi connectivity index (χ3n) is 3.69. The lowest BCUT2D eigenvalue weighted by Gasteiger charge is -2.16. The molecular weight excluding hydrogens is 308 g/mol. The molecule has 2 N–H and O–H groups in total. The van der Waals surface area contributed by atoms with Crippen LogP contribution >= 0.6 is 0 Å². The predicted octanol–water partition coefficient (Wildman–Crippen LogP) is 2.89.